The van der Waals surface area contributed by atoms with Gasteiger partial charge in [0.05, 0.1) is 4.90 Å². The van der Waals surface area contributed by atoms with Gasteiger partial charge in [0.15, 0.2) is 0 Å². The summed E-state index contributed by atoms with van der Waals surface area (Å²) in [5.74, 6) is 0.592. The molecular weight excluding hydrogens is 296 g/mol. The smallest absolute Gasteiger partial charge is 0.240 e. The Morgan fingerprint density at radius 2 is 2.00 bits per heavy atom. The fraction of sp³-hybridized carbons (Fsp3) is 0.571. The molecule has 0 saturated carbocycles. The molecule has 1 aliphatic heterocycles. The van der Waals surface area contributed by atoms with Crippen LogP contribution in [0.5, 0.6) is 0 Å². The van der Waals surface area contributed by atoms with Crippen molar-refractivity contribution in [1.29, 1.82) is 0 Å². The summed E-state index contributed by atoms with van der Waals surface area (Å²) in [6.07, 6.45) is 3.28. The number of sulfonamides is 1. The monoisotopic (exact) mass is 318 g/mol. The molecule has 1 saturated heterocycles. The van der Waals surface area contributed by atoms with Gasteiger partial charge in [-0.2, -0.15) is 0 Å². The molecule has 0 amide bonds. The fourth-order valence-electron chi connectivity index (χ4n) is 2.37. The Labute approximate surface area is 127 Å². The van der Waals surface area contributed by atoms with Gasteiger partial charge in [0, 0.05) is 6.54 Å². The zero-order valence-electron chi connectivity index (χ0n) is 11.8. The quantitative estimate of drug-likeness (QED) is 0.874. The number of aryl methyl sites for hydroxylation is 1. The highest BCUT2D eigenvalue weighted by Gasteiger charge is 2.16. The maximum atomic E-state index is 12.1. The van der Waals surface area contributed by atoms with E-state index < -0.39 is 10.0 Å². The van der Waals surface area contributed by atoms with Crippen molar-refractivity contribution < 1.29 is 8.42 Å². The van der Waals surface area contributed by atoms with E-state index >= 15 is 0 Å². The minimum atomic E-state index is -3.35. The van der Waals surface area contributed by atoms with E-state index in [0.29, 0.717) is 17.4 Å². The molecule has 4 nitrogen and oxygen atoms in total. The molecular formula is C14H23ClN2O2S. The number of hydrogen-bond donors (Lipinski definition) is 2. The van der Waals surface area contributed by atoms with Crippen molar-refractivity contribution in [2.75, 3.05) is 19.6 Å². The minimum Gasteiger partial charge on any atom is -0.316 e. The maximum Gasteiger partial charge on any atom is 0.240 e. The van der Waals surface area contributed by atoms with E-state index in [9.17, 15) is 8.42 Å². The molecule has 2 rings (SSSR count). The second-order valence-electron chi connectivity index (χ2n) is 5.21. The molecule has 1 heterocycles. The standard InChI is InChI=1S/C14H22N2O2S.ClH/c1-12-4-6-14(7-5-12)19(17,18)16-10-8-13-3-2-9-15-11-13;/h4-7,13,15-16H,2-3,8-11H2,1H3;1H. The number of halogens is 1. The van der Waals surface area contributed by atoms with Gasteiger partial charge >= 0.3 is 0 Å². The van der Waals surface area contributed by atoms with E-state index in [1.165, 1.54) is 12.8 Å². The summed E-state index contributed by atoms with van der Waals surface area (Å²) in [6.45, 7) is 4.56. The largest absolute Gasteiger partial charge is 0.316 e. The van der Waals surface area contributed by atoms with Gasteiger partial charge in [0.1, 0.15) is 0 Å². The second-order valence-corrected chi connectivity index (χ2v) is 6.98. The zero-order chi connectivity index (χ0) is 13.7. The molecule has 1 fully saturated rings. The van der Waals surface area contributed by atoms with Crippen LogP contribution in [0.1, 0.15) is 24.8 Å². The van der Waals surface area contributed by atoms with Crippen molar-refractivity contribution in [1.82, 2.24) is 10.0 Å². The van der Waals surface area contributed by atoms with Crippen molar-refractivity contribution in [2.45, 2.75) is 31.1 Å². The average Bonchev–Trinajstić information content (AvgIpc) is 2.40. The first kappa shape index (κ1) is 17.4. The predicted molar refractivity (Wildman–Crippen MR) is 83.8 cm³/mol. The van der Waals surface area contributed by atoms with E-state index in [1.807, 2.05) is 19.1 Å². The Morgan fingerprint density at radius 1 is 1.30 bits per heavy atom. The van der Waals surface area contributed by atoms with Crippen molar-refractivity contribution in [3.8, 4) is 0 Å². The van der Waals surface area contributed by atoms with Crippen molar-refractivity contribution in [3.05, 3.63) is 29.8 Å². The highest BCUT2D eigenvalue weighted by Crippen LogP contribution is 2.14. The molecule has 1 aromatic carbocycles. The van der Waals surface area contributed by atoms with Crippen LogP contribution in [-0.4, -0.2) is 28.1 Å². The molecule has 0 aliphatic carbocycles. The lowest BCUT2D eigenvalue weighted by molar-refractivity contribution is 0.358. The van der Waals surface area contributed by atoms with Crippen LogP contribution in [0.4, 0.5) is 0 Å². The first-order valence-corrected chi connectivity index (χ1v) is 8.33. The average molecular weight is 319 g/mol. The van der Waals surface area contributed by atoms with Crippen LogP contribution in [0.25, 0.3) is 0 Å². The highest BCUT2D eigenvalue weighted by atomic mass is 35.5. The van der Waals surface area contributed by atoms with Crippen LogP contribution >= 0.6 is 12.4 Å². The van der Waals surface area contributed by atoms with Crippen molar-refractivity contribution in [3.63, 3.8) is 0 Å². The summed E-state index contributed by atoms with van der Waals surface area (Å²) in [5, 5.41) is 3.34. The molecule has 1 unspecified atom stereocenters. The van der Waals surface area contributed by atoms with Gasteiger partial charge in [-0.05, 0) is 57.3 Å². The van der Waals surface area contributed by atoms with Gasteiger partial charge in [-0.3, -0.25) is 0 Å². The Balaban J connectivity index is 0.00000200. The summed E-state index contributed by atoms with van der Waals surface area (Å²) in [7, 11) is -3.35. The van der Waals surface area contributed by atoms with Gasteiger partial charge in [0.25, 0.3) is 0 Å². The molecule has 2 N–H and O–H groups in total. The van der Waals surface area contributed by atoms with Crippen LogP contribution in [0.15, 0.2) is 29.2 Å². The normalized spacial score (nSPS) is 19.4. The van der Waals surface area contributed by atoms with E-state index in [1.54, 1.807) is 12.1 Å². The van der Waals surface area contributed by atoms with Crippen molar-refractivity contribution in [2.24, 2.45) is 5.92 Å². The van der Waals surface area contributed by atoms with E-state index in [4.69, 9.17) is 0 Å². The second kappa shape index (κ2) is 7.98. The highest BCUT2D eigenvalue weighted by molar-refractivity contribution is 7.89. The summed E-state index contributed by atoms with van der Waals surface area (Å²) in [5.41, 5.74) is 1.06. The fourth-order valence-corrected chi connectivity index (χ4v) is 3.42. The number of piperidine rings is 1. The SMILES string of the molecule is Cc1ccc(S(=O)(=O)NCCC2CCCNC2)cc1.Cl. The van der Waals surface area contributed by atoms with Crippen LogP contribution in [0.3, 0.4) is 0 Å². The molecule has 0 spiro atoms. The lowest BCUT2D eigenvalue weighted by Gasteiger charge is -2.22. The van der Waals surface area contributed by atoms with E-state index in [2.05, 4.69) is 10.0 Å². The molecule has 1 atom stereocenters. The van der Waals surface area contributed by atoms with Crippen LogP contribution < -0.4 is 10.0 Å². The number of benzene rings is 1. The summed E-state index contributed by atoms with van der Waals surface area (Å²) in [6, 6.07) is 6.94. The first-order chi connectivity index (χ1) is 9.08. The third-order valence-electron chi connectivity index (χ3n) is 3.57. The first-order valence-electron chi connectivity index (χ1n) is 6.85. The Bertz CT molecular complexity index is 496. The van der Waals surface area contributed by atoms with Gasteiger partial charge < -0.3 is 5.32 Å². The lowest BCUT2D eigenvalue weighted by Crippen LogP contribution is -2.33. The molecule has 0 bridgehead atoms. The molecule has 114 valence electrons. The molecule has 0 aromatic heterocycles. The van der Waals surface area contributed by atoms with Gasteiger partial charge in [-0.25, -0.2) is 13.1 Å². The molecule has 1 aromatic rings. The summed E-state index contributed by atoms with van der Waals surface area (Å²) in [4.78, 5) is 0.347. The molecule has 0 radical (unpaired) electrons. The number of rotatable bonds is 5. The van der Waals surface area contributed by atoms with Gasteiger partial charge in [0.2, 0.25) is 10.0 Å². The van der Waals surface area contributed by atoms with Gasteiger partial charge in [-0.1, -0.05) is 17.7 Å². The van der Waals surface area contributed by atoms with E-state index in [-0.39, 0.29) is 12.4 Å². The number of nitrogens with one attached hydrogen (secondary N) is 2. The van der Waals surface area contributed by atoms with Gasteiger partial charge in [-0.15, -0.1) is 12.4 Å². The topological polar surface area (TPSA) is 58.2 Å². The van der Waals surface area contributed by atoms with E-state index in [0.717, 1.165) is 25.1 Å². The Kier molecular flexibility index (Phi) is 6.95. The van der Waals surface area contributed by atoms with Crippen LogP contribution in [-0.2, 0) is 10.0 Å². The summed E-state index contributed by atoms with van der Waals surface area (Å²) >= 11 is 0. The Hall–Kier alpha value is -0.620. The Morgan fingerprint density at radius 3 is 2.60 bits per heavy atom. The predicted octanol–water partition coefficient (Wildman–Crippen LogP) is 2.08. The maximum absolute atomic E-state index is 12.1. The number of hydrogen-bond acceptors (Lipinski definition) is 3. The third kappa shape index (κ3) is 5.05. The lowest BCUT2D eigenvalue weighted by atomic mass is 9.96. The van der Waals surface area contributed by atoms with Crippen molar-refractivity contribution >= 4 is 22.4 Å². The third-order valence-corrected chi connectivity index (χ3v) is 5.05. The zero-order valence-corrected chi connectivity index (χ0v) is 13.4. The minimum absolute atomic E-state index is 0. The molecule has 1 aliphatic rings. The molecule has 20 heavy (non-hydrogen) atoms. The molecule has 6 heteroatoms. The van der Waals surface area contributed by atoms with Crippen LogP contribution in [0, 0.1) is 12.8 Å². The summed E-state index contributed by atoms with van der Waals surface area (Å²) < 4.78 is 26.8. The van der Waals surface area contributed by atoms with Crippen LogP contribution in [0.2, 0.25) is 0 Å².